The van der Waals surface area contributed by atoms with E-state index in [4.69, 9.17) is 12.6 Å². The van der Waals surface area contributed by atoms with Gasteiger partial charge in [-0.05, 0) is 18.0 Å². The topological polar surface area (TPSA) is 63.6 Å². The molecule has 86 valence electrons. The van der Waals surface area contributed by atoms with Crippen LogP contribution in [-0.4, -0.2) is 18.3 Å². The minimum atomic E-state index is -3.11. The Labute approximate surface area is 145 Å². The molecular formula is C11H12KNO3S. The minimum absolute atomic E-state index is 0. The second-order valence-electron chi connectivity index (χ2n) is 3.97. The van der Waals surface area contributed by atoms with Crippen LogP contribution in [0.1, 0.15) is 26.3 Å². The van der Waals surface area contributed by atoms with E-state index in [1.54, 1.807) is 0 Å². The molecule has 17 heavy (non-hydrogen) atoms. The van der Waals surface area contributed by atoms with Crippen LogP contribution in [0.5, 0.6) is 0 Å². The van der Waals surface area contributed by atoms with Crippen LogP contribution in [0.2, 0.25) is 0 Å². The Morgan fingerprint density at radius 1 is 1.29 bits per heavy atom. The summed E-state index contributed by atoms with van der Waals surface area (Å²) < 4.78 is 25.3. The summed E-state index contributed by atoms with van der Waals surface area (Å²) in [5.74, 6) is 0. The van der Waals surface area contributed by atoms with Crippen molar-refractivity contribution in [2.45, 2.75) is 26.2 Å². The molecule has 0 unspecified atom stereocenters. The van der Waals surface area contributed by atoms with Gasteiger partial charge in [-0.2, -0.15) is 18.2 Å². The molecule has 6 heteroatoms. The fraction of sp³-hybridized carbons (Fsp3) is 0.364. The number of fused-ring (bicyclic) bond motifs is 1. The van der Waals surface area contributed by atoms with Gasteiger partial charge in [-0.1, -0.05) is 13.8 Å². The van der Waals surface area contributed by atoms with E-state index in [0.717, 1.165) is 5.69 Å². The van der Waals surface area contributed by atoms with Crippen molar-refractivity contribution in [2.75, 3.05) is 0 Å². The van der Waals surface area contributed by atoms with E-state index < -0.39 is 10.6 Å². The fourth-order valence-electron chi connectivity index (χ4n) is 1.54. The van der Waals surface area contributed by atoms with E-state index in [0.29, 0.717) is 0 Å². The third-order valence-electron chi connectivity index (χ3n) is 2.71. The van der Waals surface area contributed by atoms with Gasteiger partial charge in [0.25, 0.3) is 0 Å². The van der Waals surface area contributed by atoms with Crippen molar-refractivity contribution in [1.82, 2.24) is 0 Å². The van der Waals surface area contributed by atoms with Gasteiger partial charge < -0.3 is 0 Å². The van der Waals surface area contributed by atoms with Crippen LogP contribution in [0.15, 0.2) is 23.2 Å². The molecule has 0 atom stereocenters. The van der Waals surface area contributed by atoms with Gasteiger partial charge in [-0.3, -0.25) is 4.99 Å². The molecule has 0 saturated heterocycles. The standard InChI is InChI=1S/C11H12N.K.O3S/c1-8-11(2,3)9-6-4-5-7-10(9)12-8;;1-4(2)3/h5-7H,1-3H3;;/q-1;+1;. The van der Waals surface area contributed by atoms with E-state index in [9.17, 15) is 0 Å². The average Bonchev–Trinajstić information content (AvgIpc) is 2.38. The normalized spacial score (nSPS) is 14.6. The molecule has 0 radical (unpaired) electrons. The van der Waals surface area contributed by atoms with E-state index in [1.165, 1.54) is 11.3 Å². The monoisotopic (exact) mass is 277 g/mol. The van der Waals surface area contributed by atoms with Crippen molar-refractivity contribution in [3.63, 3.8) is 0 Å². The van der Waals surface area contributed by atoms with Crippen molar-refractivity contribution in [1.29, 1.82) is 0 Å². The molecule has 1 aliphatic heterocycles. The van der Waals surface area contributed by atoms with Gasteiger partial charge in [0.15, 0.2) is 0 Å². The van der Waals surface area contributed by atoms with Crippen LogP contribution in [0.3, 0.4) is 0 Å². The zero-order valence-electron chi connectivity index (χ0n) is 10.3. The molecule has 0 aliphatic carbocycles. The Hall–Kier alpha value is 0.146. The molecule has 1 aliphatic rings. The van der Waals surface area contributed by atoms with Crippen molar-refractivity contribution >= 4 is 22.0 Å². The summed E-state index contributed by atoms with van der Waals surface area (Å²) in [6.07, 6.45) is 0. The molecular weight excluding hydrogens is 265 g/mol. The summed E-state index contributed by atoms with van der Waals surface area (Å²) in [5, 5.41) is 0. The second-order valence-corrected chi connectivity index (χ2v) is 4.38. The predicted octanol–water partition coefficient (Wildman–Crippen LogP) is -1.13. The Morgan fingerprint density at radius 3 is 2.29 bits per heavy atom. The molecule has 0 bridgehead atoms. The van der Waals surface area contributed by atoms with Gasteiger partial charge in [-0.15, -0.1) is 24.3 Å². The van der Waals surface area contributed by atoms with Gasteiger partial charge in [-0.25, -0.2) is 0 Å². The molecule has 1 heterocycles. The summed E-state index contributed by atoms with van der Waals surface area (Å²) in [7, 11) is -3.11. The van der Waals surface area contributed by atoms with Crippen molar-refractivity contribution < 1.29 is 64.0 Å². The minimum Gasteiger partial charge on any atom is -0.284 e. The Morgan fingerprint density at radius 2 is 1.82 bits per heavy atom. The number of hydrogen-bond donors (Lipinski definition) is 0. The first kappa shape index (κ1) is 17.1. The van der Waals surface area contributed by atoms with E-state index in [1.807, 2.05) is 18.2 Å². The molecule has 2 rings (SSSR count). The largest absolute Gasteiger partial charge is 1.00 e. The Balaban J connectivity index is 0.000000453. The van der Waals surface area contributed by atoms with Crippen LogP contribution in [0.25, 0.3) is 0 Å². The Bertz CT molecular complexity index is 528. The molecule has 0 amide bonds. The van der Waals surface area contributed by atoms with Gasteiger partial charge in [0.1, 0.15) is 0 Å². The molecule has 1 aromatic carbocycles. The molecule has 0 saturated carbocycles. The first-order valence-electron chi connectivity index (χ1n) is 4.69. The molecule has 0 fully saturated rings. The van der Waals surface area contributed by atoms with Gasteiger partial charge >= 0.3 is 62.0 Å². The number of aliphatic imine (C=N–C) groups is 1. The number of rotatable bonds is 0. The van der Waals surface area contributed by atoms with E-state index in [2.05, 4.69) is 31.8 Å². The zero-order valence-corrected chi connectivity index (χ0v) is 14.3. The summed E-state index contributed by atoms with van der Waals surface area (Å²) in [4.78, 5) is 4.50. The zero-order chi connectivity index (χ0) is 12.3. The first-order valence-corrected chi connectivity index (χ1v) is 5.69. The maximum Gasteiger partial charge on any atom is 1.00 e. The van der Waals surface area contributed by atoms with Crippen molar-refractivity contribution in [2.24, 2.45) is 4.99 Å². The fourth-order valence-corrected chi connectivity index (χ4v) is 1.54. The maximum absolute atomic E-state index is 8.44. The van der Waals surface area contributed by atoms with E-state index >= 15 is 0 Å². The third kappa shape index (κ3) is 4.38. The number of hydrogen-bond acceptors (Lipinski definition) is 4. The van der Waals surface area contributed by atoms with Crippen molar-refractivity contribution in [3.05, 3.63) is 29.8 Å². The number of nitrogens with zero attached hydrogens (tertiary/aromatic N) is 1. The molecule has 0 N–H and O–H groups in total. The van der Waals surface area contributed by atoms with Crippen LogP contribution in [-0.2, 0) is 16.0 Å². The van der Waals surface area contributed by atoms with Crippen LogP contribution >= 0.6 is 0 Å². The molecule has 1 aromatic rings. The molecule has 4 nitrogen and oxygen atoms in total. The smallest absolute Gasteiger partial charge is 0.284 e. The first-order chi connectivity index (χ1) is 7.35. The quantitative estimate of drug-likeness (QED) is 0.445. The molecule has 0 spiro atoms. The maximum atomic E-state index is 8.44. The van der Waals surface area contributed by atoms with Gasteiger partial charge in [0.05, 0.1) is 0 Å². The van der Waals surface area contributed by atoms with Crippen molar-refractivity contribution in [3.8, 4) is 0 Å². The van der Waals surface area contributed by atoms with Crippen LogP contribution in [0.4, 0.5) is 5.69 Å². The summed E-state index contributed by atoms with van der Waals surface area (Å²) in [6.45, 7) is 6.48. The van der Waals surface area contributed by atoms with Crippen LogP contribution < -0.4 is 51.4 Å². The third-order valence-corrected chi connectivity index (χ3v) is 2.71. The van der Waals surface area contributed by atoms with Crippen LogP contribution in [0, 0.1) is 6.07 Å². The predicted molar refractivity (Wildman–Crippen MR) is 60.8 cm³/mol. The number of benzene rings is 1. The summed E-state index contributed by atoms with van der Waals surface area (Å²) in [5.41, 5.74) is 3.70. The SMILES string of the molecule is CC1=Nc2cc[c-]cc2C1(C)C.O=S(=O)=O.[K+]. The van der Waals surface area contributed by atoms with E-state index in [-0.39, 0.29) is 56.8 Å². The summed E-state index contributed by atoms with van der Waals surface area (Å²) >= 11 is 0. The average molecular weight is 277 g/mol. The second kappa shape index (κ2) is 6.91. The van der Waals surface area contributed by atoms with Gasteiger partial charge in [0, 0.05) is 5.71 Å². The molecule has 0 aromatic heterocycles. The summed E-state index contributed by atoms with van der Waals surface area (Å²) in [6, 6.07) is 9.07. The Kier molecular flexibility index (Phi) is 6.97. The van der Waals surface area contributed by atoms with Gasteiger partial charge in [0.2, 0.25) is 0 Å².